The van der Waals surface area contributed by atoms with Crippen molar-refractivity contribution in [3.63, 3.8) is 0 Å². The summed E-state index contributed by atoms with van der Waals surface area (Å²) in [4.78, 5) is 2.50. The molecule has 90 valence electrons. The van der Waals surface area contributed by atoms with Gasteiger partial charge in [-0.2, -0.15) is 0 Å². The molecule has 1 fully saturated rings. The first-order valence-corrected chi connectivity index (χ1v) is 6.20. The quantitative estimate of drug-likeness (QED) is 0.787. The first kappa shape index (κ1) is 11.7. The van der Waals surface area contributed by atoms with Gasteiger partial charge in [-0.1, -0.05) is 0 Å². The number of hydrogen-bond acceptors (Lipinski definition) is 2. The van der Waals surface area contributed by atoms with Crippen LogP contribution in [0.4, 0.5) is 0 Å². The van der Waals surface area contributed by atoms with Crippen LogP contribution in [0.1, 0.15) is 25.3 Å². The summed E-state index contributed by atoms with van der Waals surface area (Å²) in [6.45, 7) is 4.35. The van der Waals surface area contributed by atoms with Crippen LogP contribution >= 0.6 is 0 Å². The van der Waals surface area contributed by atoms with E-state index in [1.54, 1.807) is 0 Å². The fourth-order valence-corrected chi connectivity index (χ4v) is 2.08. The summed E-state index contributed by atoms with van der Waals surface area (Å²) in [5, 5.41) is 3.52. The van der Waals surface area contributed by atoms with Crippen molar-refractivity contribution in [1.29, 1.82) is 0 Å². The molecule has 3 nitrogen and oxygen atoms in total. The van der Waals surface area contributed by atoms with Gasteiger partial charge < -0.3 is 9.88 Å². The van der Waals surface area contributed by atoms with E-state index in [2.05, 4.69) is 54.3 Å². The van der Waals surface area contributed by atoms with E-state index in [0.717, 1.165) is 19.1 Å². The molecular weight excluding hydrogens is 198 g/mol. The average molecular weight is 221 g/mol. The van der Waals surface area contributed by atoms with Gasteiger partial charge in [-0.3, -0.25) is 4.90 Å². The zero-order valence-electron chi connectivity index (χ0n) is 10.6. The molecule has 0 aromatic carbocycles. The third-order valence-electron chi connectivity index (χ3n) is 3.48. The van der Waals surface area contributed by atoms with E-state index < -0.39 is 0 Å². The van der Waals surface area contributed by atoms with Crippen LogP contribution in [0.25, 0.3) is 0 Å². The van der Waals surface area contributed by atoms with Gasteiger partial charge in [0.1, 0.15) is 0 Å². The minimum atomic E-state index is 0.635. The van der Waals surface area contributed by atoms with Gasteiger partial charge in [0.2, 0.25) is 0 Å². The number of nitrogens with zero attached hydrogens (tertiary/aromatic N) is 2. The Morgan fingerprint density at radius 3 is 2.88 bits per heavy atom. The van der Waals surface area contributed by atoms with Crippen LogP contribution in [0.15, 0.2) is 18.5 Å². The summed E-state index contributed by atoms with van der Waals surface area (Å²) in [5.74, 6) is 0. The molecule has 1 unspecified atom stereocenters. The Labute approximate surface area is 98.4 Å². The number of likely N-dealkylation sites (N-methyl/N-ethyl adjacent to an activating group) is 1. The second-order valence-electron chi connectivity index (χ2n) is 5.06. The molecule has 0 saturated heterocycles. The van der Waals surface area contributed by atoms with Crippen molar-refractivity contribution in [3.8, 4) is 0 Å². The normalized spacial score (nSPS) is 18.0. The van der Waals surface area contributed by atoms with E-state index in [-0.39, 0.29) is 0 Å². The van der Waals surface area contributed by atoms with Gasteiger partial charge in [-0.25, -0.2) is 0 Å². The van der Waals surface area contributed by atoms with Crippen LogP contribution in [0.5, 0.6) is 0 Å². The monoisotopic (exact) mass is 221 g/mol. The zero-order chi connectivity index (χ0) is 11.5. The minimum absolute atomic E-state index is 0.635. The minimum Gasteiger partial charge on any atom is -0.357 e. The van der Waals surface area contributed by atoms with Crippen LogP contribution in [0.2, 0.25) is 0 Å². The van der Waals surface area contributed by atoms with Gasteiger partial charge >= 0.3 is 0 Å². The third kappa shape index (κ3) is 3.09. The SMILES string of the molecule is CC(CNCc1ccn(C)c1)N(C)C1CC1. The van der Waals surface area contributed by atoms with Crippen LogP contribution in [0.3, 0.4) is 0 Å². The van der Waals surface area contributed by atoms with Crippen molar-refractivity contribution in [1.82, 2.24) is 14.8 Å². The van der Waals surface area contributed by atoms with Crippen molar-refractivity contribution in [2.24, 2.45) is 7.05 Å². The van der Waals surface area contributed by atoms with Crippen molar-refractivity contribution in [2.75, 3.05) is 13.6 Å². The summed E-state index contributed by atoms with van der Waals surface area (Å²) in [6, 6.07) is 3.66. The molecular formula is C13H23N3. The molecule has 0 spiro atoms. The molecule has 1 aliphatic carbocycles. The Balaban J connectivity index is 1.67. The van der Waals surface area contributed by atoms with Crippen molar-refractivity contribution in [2.45, 2.75) is 38.4 Å². The van der Waals surface area contributed by atoms with Crippen molar-refractivity contribution >= 4 is 0 Å². The molecule has 0 aliphatic heterocycles. The highest BCUT2D eigenvalue weighted by Gasteiger charge is 2.28. The van der Waals surface area contributed by atoms with Gasteiger partial charge in [0, 0.05) is 44.6 Å². The maximum Gasteiger partial charge on any atom is 0.0221 e. The molecule has 1 saturated carbocycles. The van der Waals surface area contributed by atoms with Crippen molar-refractivity contribution in [3.05, 3.63) is 24.0 Å². The second kappa shape index (κ2) is 5.02. The lowest BCUT2D eigenvalue weighted by molar-refractivity contribution is 0.241. The number of hydrogen-bond donors (Lipinski definition) is 1. The van der Waals surface area contributed by atoms with E-state index in [1.165, 1.54) is 18.4 Å². The Hall–Kier alpha value is -0.800. The Kier molecular flexibility index (Phi) is 3.66. The summed E-state index contributed by atoms with van der Waals surface area (Å²) < 4.78 is 2.09. The molecule has 0 bridgehead atoms. The molecule has 3 heteroatoms. The maximum absolute atomic E-state index is 3.52. The molecule has 0 amide bonds. The molecule has 1 atom stereocenters. The average Bonchev–Trinajstić information content (AvgIpc) is 3.02. The third-order valence-corrected chi connectivity index (χ3v) is 3.48. The molecule has 1 heterocycles. The van der Waals surface area contributed by atoms with Gasteiger partial charge in [-0.15, -0.1) is 0 Å². The first-order valence-electron chi connectivity index (χ1n) is 6.20. The summed E-state index contributed by atoms with van der Waals surface area (Å²) >= 11 is 0. The van der Waals surface area contributed by atoms with Gasteiger partial charge in [-0.05, 0) is 38.4 Å². The number of aryl methyl sites for hydroxylation is 1. The lowest BCUT2D eigenvalue weighted by atomic mass is 10.2. The largest absolute Gasteiger partial charge is 0.357 e. The lowest BCUT2D eigenvalue weighted by Gasteiger charge is -2.24. The number of nitrogens with one attached hydrogen (secondary N) is 1. The highest BCUT2D eigenvalue weighted by Crippen LogP contribution is 2.26. The van der Waals surface area contributed by atoms with E-state index in [0.29, 0.717) is 6.04 Å². The van der Waals surface area contributed by atoms with Gasteiger partial charge in [0.15, 0.2) is 0 Å². The fraction of sp³-hybridized carbons (Fsp3) is 0.692. The summed E-state index contributed by atoms with van der Waals surface area (Å²) in [6.07, 6.45) is 7.04. The molecule has 16 heavy (non-hydrogen) atoms. The molecule has 0 radical (unpaired) electrons. The first-order chi connectivity index (χ1) is 7.66. The lowest BCUT2D eigenvalue weighted by Crippen LogP contribution is -2.38. The Bertz CT molecular complexity index is 328. The van der Waals surface area contributed by atoms with Crippen LogP contribution in [-0.4, -0.2) is 35.1 Å². The highest BCUT2D eigenvalue weighted by atomic mass is 15.2. The van der Waals surface area contributed by atoms with Gasteiger partial charge in [0.25, 0.3) is 0 Å². The van der Waals surface area contributed by atoms with Gasteiger partial charge in [0.05, 0.1) is 0 Å². The predicted octanol–water partition coefficient (Wildman–Crippen LogP) is 1.60. The fourth-order valence-electron chi connectivity index (χ4n) is 2.08. The van der Waals surface area contributed by atoms with Crippen molar-refractivity contribution < 1.29 is 0 Å². The number of rotatable bonds is 6. The summed E-state index contributed by atoms with van der Waals surface area (Å²) in [5.41, 5.74) is 1.36. The highest BCUT2D eigenvalue weighted by molar-refractivity contribution is 5.09. The van der Waals surface area contributed by atoms with E-state index in [4.69, 9.17) is 0 Å². The predicted molar refractivity (Wildman–Crippen MR) is 67.4 cm³/mol. The Morgan fingerprint density at radius 1 is 1.56 bits per heavy atom. The molecule has 1 aromatic rings. The topological polar surface area (TPSA) is 20.2 Å². The smallest absolute Gasteiger partial charge is 0.0221 e. The van der Waals surface area contributed by atoms with Crippen LogP contribution < -0.4 is 5.32 Å². The van der Waals surface area contributed by atoms with E-state index in [1.807, 2.05) is 0 Å². The standard InChI is InChI=1S/C13H23N3/c1-11(16(3)13-4-5-13)8-14-9-12-6-7-15(2)10-12/h6-7,10-11,13-14H,4-5,8-9H2,1-3H3. The summed E-state index contributed by atoms with van der Waals surface area (Å²) in [7, 11) is 4.31. The Morgan fingerprint density at radius 2 is 2.31 bits per heavy atom. The maximum atomic E-state index is 3.52. The molecule has 2 rings (SSSR count). The zero-order valence-corrected chi connectivity index (χ0v) is 10.6. The van der Waals surface area contributed by atoms with E-state index in [9.17, 15) is 0 Å². The molecule has 1 aliphatic rings. The molecule has 1 N–H and O–H groups in total. The van der Waals surface area contributed by atoms with Crippen LogP contribution in [0, 0.1) is 0 Å². The number of aromatic nitrogens is 1. The second-order valence-corrected chi connectivity index (χ2v) is 5.06. The van der Waals surface area contributed by atoms with E-state index >= 15 is 0 Å². The van der Waals surface area contributed by atoms with Crippen LogP contribution in [-0.2, 0) is 13.6 Å². The molecule has 1 aromatic heterocycles.